The van der Waals surface area contributed by atoms with Gasteiger partial charge in [-0.25, -0.2) is 0 Å². The third kappa shape index (κ3) is 38.2. The van der Waals surface area contributed by atoms with Crippen molar-refractivity contribution < 1.29 is 48.3 Å². The van der Waals surface area contributed by atoms with Crippen LogP contribution < -0.4 is 43.0 Å². The lowest BCUT2D eigenvalue weighted by Crippen LogP contribution is -2.51. The molecule has 19 heteroatoms. The lowest BCUT2D eigenvalue weighted by molar-refractivity contribution is -0.138. The van der Waals surface area contributed by atoms with E-state index in [1.807, 2.05) is 112 Å². The first kappa shape index (κ1) is 66.3. The standard InChI is InChI=1S/C20H24N6O7.C8H15N3O3.C7H8.5C2H6/c27-11-21-7-16(28)23-8-17(29)24-9-18(30)26-15(20(33)25-10-19(31)32)5-12-6-22-14-4-2-1-3-13(12)14;1-5(3-7(9)13)11-8(14)4-10-6(2)12;1-7-5-3-2-4-6-7;5*1-2/h1-4,6,11,15,22H,5,7-10H2,(H,21,27)(H,23,28)(H,24,29)(H,25,33)(H,26,30)(H,31,32);5H,3-4H2,1-2H3,(H2,9,13)(H,10,12)(H,11,14);2-6H,1H3;5*1-2H3. The van der Waals surface area contributed by atoms with E-state index in [0.29, 0.717) is 6.41 Å². The van der Waals surface area contributed by atoms with Crippen molar-refractivity contribution in [2.24, 2.45) is 5.73 Å². The number of nitrogens with two attached hydrogens (primary N) is 1. The Labute approximate surface area is 379 Å². The molecule has 0 radical (unpaired) electrons. The van der Waals surface area contributed by atoms with Gasteiger partial charge in [0, 0.05) is 42.9 Å². The number of carboxylic acid groups (broad SMARTS) is 1. The molecular weight excluding hydrogens is 827 g/mol. The molecule has 0 fully saturated rings. The van der Waals surface area contributed by atoms with Crippen molar-refractivity contribution in [3.8, 4) is 0 Å². The monoisotopic (exact) mass is 904 g/mol. The molecule has 8 amide bonds. The Balaban J connectivity index is -0.000000307. The van der Waals surface area contributed by atoms with Crippen LogP contribution in [0.1, 0.15) is 101 Å². The number of aromatic nitrogens is 1. The highest BCUT2D eigenvalue weighted by Gasteiger charge is 2.23. The van der Waals surface area contributed by atoms with Gasteiger partial charge in [0.15, 0.2) is 0 Å². The van der Waals surface area contributed by atoms with Crippen molar-refractivity contribution in [1.82, 2.24) is 42.2 Å². The molecule has 2 atom stereocenters. The lowest BCUT2D eigenvalue weighted by atomic mass is 10.0. The van der Waals surface area contributed by atoms with Crippen LogP contribution in [0.2, 0.25) is 0 Å². The zero-order valence-corrected chi connectivity index (χ0v) is 40.2. The van der Waals surface area contributed by atoms with Crippen LogP contribution in [0, 0.1) is 6.92 Å². The van der Waals surface area contributed by atoms with Crippen LogP contribution in [0.25, 0.3) is 10.9 Å². The van der Waals surface area contributed by atoms with Gasteiger partial charge in [-0.1, -0.05) is 123 Å². The minimum absolute atomic E-state index is 0.0783. The molecule has 0 spiro atoms. The zero-order chi connectivity index (χ0) is 50.5. The Morgan fingerprint density at radius 1 is 0.656 bits per heavy atom. The number of carbonyl (C=O) groups is 9. The van der Waals surface area contributed by atoms with Gasteiger partial charge in [-0.15, -0.1) is 0 Å². The van der Waals surface area contributed by atoms with E-state index in [1.165, 1.54) is 12.5 Å². The third-order valence-corrected chi connectivity index (χ3v) is 6.76. The van der Waals surface area contributed by atoms with E-state index in [9.17, 15) is 43.2 Å². The second kappa shape index (κ2) is 45.7. The van der Waals surface area contributed by atoms with E-state index in [0.717, 1.165) is 16.5 Å². The summed E-state index contributed by atoms with van der Waals surface area (Å²) in [4.78, 5) is 104. The number of carboxylic acids is 1. The summed E-state index contributed by atoms with van der Waals surface area (Å²) in [6, 6.07) is 16.2. The van der Waals surface area contributed by atoms with Gasteiger partial charge in [-0.05, 0) is 25.5 Å². The fraction of sp³-hybridized carbons (Fsp3) is 0.489. The number of nitrogens with one attached hydrogen (secondary N) is 8. The lowest BCUT2D eigenvalue weighted by Gasteiger charge is -2.18. The van der Waals surface area contributed by atoms with Gasteiger partial charge in [0.1, 0.15) is 12.6 Å². The van der Waals surface area contributed by atoms with Gasteiger partial charge >= 0.3 is 5.97 Å². The summed E-state index contributed by atoms with van der Waals surface area (Å²) in [5.74, 6) is -4.96. The third-order valence-electron chi connectivity index (χ3n) is 6.76. The smallest absolute Gasteiger partial charge is 0.322 e. The van der Waals surface area contributed by atoms with E-state index in [4.69, 9.17) is 10.8 Å². The SMILES string of the molecule is CC.CC.CC.CC.CC.CC(=O)NCC(=O)NC(C)CC(N)=O.Cc1ccccc1.O=CNCC(=O)NCC(=O)NCC(=O)NC(Cc1c[nH]c2ccccc12)C(=O)NCC(=O)O. The summed E-state index contributed by atoms with van der Waals surface area (Å²) in [5.41, 5.74) is 7.82. The molecule has 362 valence electrons. The maximum atomic E-state index is 12.5. The highest BCUT2D eigenvalue weighted by atomic mass is 16.4. The number of amides is 8. The number of H-pyrrole nitrogens is 1. The molecule has 0 aliphatic carbocycles. The van der Waals surface area contributed by atoms with Crippen LogP contribution in [-0.4, -0.2) is 109 Å². The Kier molecular flexibility index (Phi) is 47.4. The average molecular weight is 904 g/mol. The van der Waals surface area contributed by atoms with Crippen molar-refractivity contribution in [1.29, 1.82) is 0 Å². The van der Waals surface area contributed by atoms with Gasteiger partial charge in [0.2, 0.25) is 47.8 Å². The summed E-state index contributed by atoms with van der Waals surface area (Å²) < 4.78 is 0. The normalized spacial score (nSPS) is 9.70. The maximum absolute atomic E-state index is 12.5. The van der Waals surface area contributed by atoms with Crippen molar-refractivity contribution in [3.63, 3.8) is 0 Å². The molecule has 2 aromatic carbocycles. The van der Waals surface area contributed by atoms with Gasteiger partial charge in [0.05, 0.1) is 26.2 Å². The summed E-state index contributed by atoms with van der Waals surface area (Å²) in [6.07, 6.45) is 2.20. The number of carbonyl (C=O) groups excluding carboxylic acids is 8. The minimum Gasteiger partial charge on any atom is -0.480 e. The number of hydrogen-bond donors (Lipinski definition) is 10. The number of aliphatic carboxylic acids is 1. The summed E-state index contributed by atoms with van der Waals surface area (Å²) in [5, 5.41) is 25.9. The van der Waals surface area contributed by atoms with Crippen LogP contribution >= 0.6 is 0 Å². The Bertz CT molecular complexity index is 1740. The van der Waals surface area contributed by atoms with Crippen molar-refractivity contribution in [3.05, 3.63) is 71.9 Å². The fourth-order valence-electron chi connectivity index (χ4n) is 4.30. The van der Waals surface area contributed by atoms with E-state index >= 15 is 0 Å². The Morgan fingerprint density at radius 3 is 1.62 bits per heavy atom. The van der Waals surface area contributed by atoms with Gasteiger partial charge in [-0.3, -0.25) is 43.2 Å². The number of primary amides is 1. The summed E-state index contributed by atoms with van der Waals surface area (Å²) in [6.45, 7) is 23.2. The van der Waals surface area contributed by atoms with Crippen molar-refractivity contribution in [2.75, 3.05) is 32.7 Å². The minimum atomic E-state index is -1.24. The maximum Gasteiger partial charge on any atom is 0.322 e. The summed E-state index contributed by atoms with van der Waals surface area (Å²) >= 11 is 0. The Hall–Kier alpha value is -6.79. The number of para-hydroxylation sites is 1. The molecule has 0 saturated carbocycles. The molecule has 3 rings (SSSR count). The molecule has 2 unspecified atom stereocenters. The first-order valence-corrected chi connectivity index (χ1v) is 21.5. The van der Waals surface area contributed by atoms with E-state index in [1.54, 1.807) is 13.1 Å². The first-order valence-electron chi connectivity index (χ1n) is 21.5. The summed E-state index contributed by atoms with van der Waals surface area (Å²) in [7, 11) is 0. The molecule has 0 aliphatic rings. The molecule has 1 heterocycles. The van der Waals surface area contributed by atoms with Crippen LogP contribution in [0.15, 0.2) is 60.8 Å². The molecule has 11 N–H and O–H groups in total. The second-order valence-electron chi connectivity index (χ2n) is 11.6. The topological polar surface area (TPSA) is 300 Å². The first-order chi connectivity index (χ1) is 30.6. The molecule has 1 aromatic heterocycles. The average Bonchev–Trinajstić information content (AvgIpc) is 3.71. The highest BCUT2D eigenvalue weighted by molar-refractivity contribution is 5.93. The predicted molar refractivity (Wildman–Crippen MR) is 253 cm³/mol. The van der Waals surface area contributed by atoms with E-state index in [-0.39, 0.29) is 43.8 Å². The second-order valence-corrected chi connectivity index (χ2v) is 11.6. The van der Waals surface area contributed by atoms with Crippen LogP contribution in [0.3, 0.4) is 0 Å². The zero-order valence-electron chi connectivity index (χ0n) is 40.2. The molecule has 19 nitrogen and oxygen atoms in total. The number of fused-ring (bicyclic) bond motifs is 1. The molecule has 3 aromatic rings. The predicted octanol–water partition coefficient (Wildman–Crippen LogP) is 3.00. The Morgan fingerprint density at radius 2 is 1.14 bits per heavy atom. The number of benzene rings is 2. The quantitative estimate of drug-likeness (QED) is 0.0833. The molecule has 0 bridgehead atoms. The molecular formula is C45H77N9O10. The van der Waals surface area contributed by atoms with E-state index in [2.05, 4.69) is 61.3 Å². The number of aromatic amines is 1. The number of aryl methyl sites for hydroxylation is 1. The number of rotatable bonds is 18. The van der Waals surface area contributed by atoms with Crippen molar-refractivity contribution >= 4 is 64.6 Å². The molecule has 64 heavy (non-hydrogen) atoms. The van der Waals surface area contributed by atoms with Gasteiger partial charge in [-0.2, -0.15) is 0 Å². The van der Waals surface area contributed by atoms with Crippen LogP contribution in [0.4, 0.5) is 0 Å². The van der Waals surface area contributed by atoms with Gasteiger partial charge < -0.3 is 53.0 Å². The van der Waals surface area contributed by atoms with Crippen LogP contribution in [0.5, 0.6) is 0 Å². The van der Waals surface area contributed by atoms with Crippen LogP contribution in [-0.2, 0) is 49.6 Å². The van der Waals surface area contributed by atoms with Crippen molar-refractivity contribution in [2.45, 2.75) is 115 Å². The van der Waals surface area contributed by atoms with Gasteiger partial charge in [0.25, 0.3) is 0 Å². The highest BCUT2D eigenvalue weighted by Crippen LogP contribution is 2.19. The largest absolute Gasteiger partial charge is 0.480 e. The molecule has 0 saturated heterocycles. The number of hydrogen-bond acceptors (Lipinski definition) is 9. The van der Waals surface area contributed by atoms with E-state index < -0.39 is 61.2 Å². The fourth-order valence-corrected chi connectivity index (χ4v) is 4.30. The molecule has 0 aliphatic heterocycles.